The third-order valence-corrected chi connectivity index (χ3v) is 3.67. The third-order valence-electron chi connectivity index (χ3n) is 3.67. The van der Waals surface area contributed by atoms with E-state index in [-0.39, 0.29) is 11.7 Å². The summed E-state index contributed by atoms with van der Waals surface area (Å²) in [6, 6.07) is 25.7. The van der Waals surface area contributed by atoms with Crippen molar-refractivity contribution in [3.8, 4) is 0 Å². The van der Waals surface area contributed by atoms with Gasteiger partial charge in [-0.25, -0.2) is 0 Å². The van der Waals surface area contributed by atoms with Crippen LogP contribution in [0, 0.1) is 0 Å². The van der Waals surface area contributed by atoms with Gasteiger partial charge in [-0.15, -0.1) is 0 Å². The molecule has 0 unspecified atom stereocenters. The standard InChI is InChI=1S/C21H17NO2/c23-20(15-16-7-3-1-4-8-16)22-19-13-11-18(12-14-19)21(24)17-9-5-2-6-10-17/h1-14H,15H2,(H,22,23). The van der Waals surface area contributed by atoms with Gasteiger partial charge in [0.2, 0.25) is 5.91 Å². The Morgan fingerprint density at radius 2 is 1.21 bits per heavy atom. The molecule has 0 fully saturated rings. The predicted molar refractivity (Wildman–Crippen MR) is 95.1 cm³/mol. The Hall–Kier alpha value is -3.20. The molecule has 3 nitrogen and oxygen atoms in total. The van der Waals surface area contributed by atoms with Crippen LogP contribution in [0.15, 0.2) is 84.9 Å². The number of ketones is 1. The summed E-state index contributed by atoms with van der Waals surface area (Å²) in [5, 5.41) is 2.85. The van der Waals surface area contributed by atoms with Crippen molar-refractivity contribution in [2.75, 3.05) is 5.32 Å². The Balaban J connectivity index is 1.64. The molecule has 24 heavy (non-hydrogen) atoms. The molecule has 0 aliphatic carbocycles. The monoisotopic (exact) mass is 315 g/mol. The first-order chi connectivity index (χ1) is 11.7. The van der Waals surface area contributed by atoms with Gasteiger partial charge < -0.3 is 5.32 Å². The lowest BCUT2D eigenvalue weighted by atomic mass is 10.0. The van der Waals surface area contributed by atoms with Gasteiger partial charge in [-0.05, 0) is 29.8 Å². The maximum absolute atomic E-state index is 12.3. The molecule has 1 amide bonds. The fourth-order valence-electron chi connectivity index (χ4n) is 2.45. The van der Waals surface area contributed by atoms with Crippen LogP contribution < -0.4 is 5.32 Å². The minimum absolute atomic E-state index is 0.0298. The second kappa shape index (κ2) is 7.38. The van der Waals surface area contributed by atoms with Crippen LogP contribution in [0.4, 0.5) is 5.69 Å². The lowest BCUT2D eigenvalue weighted by Gasteiger charge is -2.07. The number of hydrogen-bond acceptors (Lipinski definition) is 2. The highest BCUT2D eigenvalue weighted by Crippen LogP contribution is 2.14. The van der Waals surface area contributed by atoms with E-state index in [0.29, 0.717) is 23.2 Å². The summed E-state index contributed by atoms with van der Waals surface area (Å²) in [7, 11) is 0. The molecule has 3 aromatic rings. The van der Waals surface area contributed by atoms with Crippen molar-refractivity contribution in [1.82, 2.24) is 0 Å². The lowest BCUT2D eigenvalue weighted by molar-refractivity contribution is -0.115. The molecule has 0 bridgehead atoms. The number of rotatable bonds is 5. The van der Waals surface area contributed by atoms with Gasteiger partial charge in [0.05, 0.1) is 6.42 Å². The highest BCUT2D eigenvalue weighted by atomic mass is 16.1. The van der Waals surface area contributed by atoms with Gasteiger partial charge in [0, 0.05) is 16.8 Å². The number of amides is 1. The summed E-state index contributed by atoms with van der Waals surface area (Å²) in [6.07, 6.45) is 0.325. The van der Waals surface area contributed by atoms with Crippen molar-refractivity contribution in [2.45, 2.75) is 6.42 Å². The highest BCUT2D eigenvalue weighted by Gasteiger charge is 2.09. The van der Waals surface area contributed by atoms with Gasteiger partial charge >= 0.3 is 0 Å². The number of nitrogens with one attached hydrogen (secondary N) is 1. The lowest BCUT2D eigenvalue weighted by Crippen LogP contribution is -2.14. The summed E-state index contributed by atoms with van der Waals surface area (Å²) in [5.41, 5.74) is 2.90. The topological polar surface area (TPSA) is 46.2 Å². The molecule has 3 aromatic carbocycles. The van der Waals surface area contributed by atoms with E-state index in [1.807, 2.05) is 48.5 Å². The zero-order chi connectivity index (χ0) is 16.8. The van der Waals surface area contributed by atoms with E-state index in [1.165, 1.54) is 0 Å². The van der Waals surface area contributed by atoms with Crippen LogP contribution in [0.5, 0.6) is 0 Å². The van der Waals surface area contributed by atoms with Crippen molar-refractivity contribution in [3.63, 3.8) is 0 Å². The first-order valence-electron chi connectivity index (χ1n) is 7.76. The highest BCUT2D eigenvalue weighted by molar-refractivity contribution is 6.09. The largest absolute Gasteiger partial charge is 0.326 e. The fraction of sp³-hybridized carbons (Fsp3) is 0.0476. The molecule has 3 rings (SSSR count). The molecular formula is C21H17NO2. The van der Waals surface area contributed by atoms with Gasteiger partial charge in [0.15, 0.2) is 5.78 Å². The average molecular weight is 315 g/mol. The third kappa shape index (κ3) is 3.96. The van der Waals surface area contributed by atoms with E-state index >= 15 is 0 Å². The second-order valence-corrected chi connectivity index (χ2v) is 5.48. The molecule has 0 aliphatic rings. The van der Waals surface area contributed by atoms with E-state index in [0.717, 1.165) is 5.56 Å². The van der Waals surface area contributed by atoms with Crippen molar-refractivity contribution < 1.29 is 9.59 Å². The van der Waals surface area contributed by atoms with Crippen LogP contribution in [0.3, 0.4) is 0 Å². The molecule has 3 heteroatoms. The summed E-state index contributed by atoms with van der Waals surface area (Å²) >= 11 is 0. The second-order valence-electron chi connectivity index (χ2n) is 5.48. The van der Waals surface area contributed by atoms with Crippen molar-refractivity contribution >= 4 is 17.4 Å². The molecule has 1 N–H and O–H groups in total. The summed E-state index contributed by atoms with van der Waals surface area (Å²) in [4.78, 5) is 24.4. The van der Waals surface area contributed by atoms with Crippen LogP contribution in [0.25, 0.3) is 0 Å². The Kier molecular flexibility index (Phi) is 4.82. The number of anilines is 1. The van der Waals surface area contributed by atoms with Crippen LogP contribution in [-0.4, -0.2) is 11.7 Å². The van der Waals surface area contributed by atoms with Gasteiger partial charge in [-0.1, -0.05) is 60.7 Å². The predicted octanol–water partition coefficient (Wildman–Crippen LogP) is 4.10. The Labute approximate surface area is 141 Å². The maximum Gasteiger partial charge on any atom is 0.228 e. The van der Waals surface area contributed by atoms with Crippen LogP contribution in [0.1, 0.15) is 21.5 Å². The maximum atomic E-state index is 12.3. The van der Waals surface area contributed by atoms with Crippen LogP contribution >= 0.6 is 0 Å². The Bertz CT molecular complexity index is 825. The van der Waals surface area contributed by atoms with E-state index in [9.17, 15) is 9.59 Å². The molecular weight excluding hydrogens is 298 g/mol. The molecule has 0 atom stereocenters. The average Bonchev–Trinajstić information content (AvgIpc) is 2.63. The molecule has 0 heterocycles. The molecule has 0 saturated heterocycles. The first kappa shape index (κ1) is 15.7. The minimum Gasteiger partial charge on any atom is -0.326 e. The molecule has 0 saturated carbocycles. The normalized spacial score (nSPS) is 10.2. The van der Waals surface area contributed by atoms with Gasteiger partial charge in [-0.2, -0.15) is 0 Å². The Morgan fingerprint density at radius 1 is 0.667 bits per heavy atom. The van der Waals surface area contributed by atoms with Gasteiger partial charge in [0.1, 0.15) is 0 Å². The molecule has 118 valence electrons. The SMILES string of the molecule is O=C(Cc1ccccc1)Nc1ccc(C(=O)c2ccccc2)cc1. The first-order valence-corrected chi connectivity index (χ1v) is 7.76. The van der Waals surface area contributed by atoms with Crippen LogP contribution in [0.2, 0.25) is 0 Å². The summed E-state index contributed by atoms with van der Waals surface area (Å²) in [6.45, 7) is 0. The van der Waals surface area contributed by atoms with Gasteiger partial charge in [-0.3, -0.25) is 9.59 Å². The van der Waals surface area contributed by atoms with Crippen molar-refractivity contribution in [1.29, 1.82) is 0 Å². The minimum atomic E-state index is -0.0802. The number of carbonyl (C=O) groups is 2. The fourth-order valence-corrected chi connectivity index (χ4v) is 2.45. The van der Waals surface area contributed by atoms with E-state index in [4.69, 9.17) is 0 Å². The van der Waals surface area contributed by atoms with Crippen LogP contribution in [-0.2, 0) is 11.2 Å². The summed E-state index contributed by atoms with van der Waals surface area (Å²) < 4.78 is 0. The van der Waals surface area contributed by atoms with E-state index < -0.39 is 0 Å². The number of hydrogen-bond donors (Lipinski definition) is 1. The van der Waals surface area contributed by atoms with E-state index in [1.54, 1.807) is 36.4 Å². The zero-order valence-corrected chi connectivity index (χ0v) is 13.1. The zero-order valence-electron chi connectivity index (χ0n) is 13.1. The van der Waals surface area contributed by atoms with E-state index in [2.05, 4.69) is 5.32 Å². The Morgan fingerprint density at radius 3 is 1.83 bits per heavy atom. The summed E-state index contributed by atoms with van der Waals surface area (Å²) in [5.74, 6) is -0.110. The molecule has 0 spiro atoms. The van der Waals surface area contributed by atoms with Crippen molar-refractivity contribution in [2.24, 2.45) is 0 Å². The molecule has 0 radical (unpaired) electrons. The quantitative estimate of drug-likeness (QED) is 0.721. The number of carbonyl (C=O) groups excluding carboxylic acids is 2. The smallest absolute Gasteiger partial charge is 0.228 e. The molecule has 0 aliphatic heterocycles. The van der Waals surface area contributed by atoms with Gasteiger partial charge in [0.25, 0.3) is 0 Å². The molecule has 0 aromatic heterocycles. The van der Waals surface area contributed by atoms with Crippen molar-refractivity contribution in [3.05, 3.63) is 102 Å². The number of benzene rings is 3.